The van der Waals surface area contributed by atoms with E-state index in [-0.39, 0.29) is 12.7 Å². The molecular weight excluding hydrogens is 375 g/mol. The van der Waals surface area contributed by atoms with Gasteiger partial charge < -0.3 is 14.5 Å². The summed E-state index contributed by atoms with van der Waals surface area (Å²) < 4.78 is 21.5. The van der Waals surface area contributed by atoms with E-state index in [4.69, 9.17) is 14.5 Å². The van der Waals surface area contributed by atoms with Gasteiger partial charge in [0.25, 0.3) is 0 Å². The van der Waals surface area contributed by atoms with Crippen LogP contribution in [0.2, 0.25) is 0 Å². The molecule has 1 aromatic rings. The number of para-hydroxylation sites is 1. The molecule has 0 aromatic heterocycles. The number of ether oxygens (including phenoxy) is 1. The maximum absolute atomic E-state index is 11.0. The average Bonchev–Trinajstić information content (AvgIpc) is 2.67. The molecule has 1 aromatic carbocycles. The fourth-order valence-electron chi connectivity index (χ4n) is 3.26. The summed E-state index contributed by atoms with van der Waals surface area (Å²) in [5.41, 5.74) is 0. The molecule has 0 radical (unpaired) electrons. The highest BCUT2D eigenvalue weighted by Gasteiger charge is 2.19. The van der Waals surface area contributed by atoms with E-state index in [2.05, 4.69) is 11.4 Å². The van der Waals surface area contributed by atoms with E-state index in [9.17, 15) is 4.57 Å². The van der Waals surface area contributed by atoms with Crippen LogP contribution < -0.4 is 4.74 Å². The maximum atomic E-state index is 11.0. The van der Waals surface area contributed by atoms with E-state index in [1.165, 1.54) is 64.2 Å². The molecule has 5 nitrogen and oxygen atoms in total. The molecule has 0 aliphatic rings. The first-order valence-electron chi connectivity index (χ1n) is 10.9. The van der Waals surface area contributed by atoms with Crippen molar-refractivity contribution in [2.24, 2.45) is 0 Å². The standard InChI is InChI=1S/C22H39O5P/c1-2-3-4-5-6-7-8-9-10-11-12-14-19-22(20-26-28(23,24)25)27-21-17-15-13-16-18-21/h13,15-18,22H,2-12,14,19-20H2,1H3,(H2,23,24,25). The van der Waals surface area contributed by atoms with Crippen molar-refractivity contribution in [1.82, 2.24) is 0 Å². The molecule has 0 saturated carbocycles. The Hall–Kier alpha value is -0.870. The van der Waals surface area contributed by atoms with Crippen molar-refractivity contribution in [1.29, 1.82) is 0 Å². The van der Waals surface area contributed by atoms with Gasteiger partial charge >= 0.3 is 7.82 Å². The summed E-state index contributed by atoms with van der Waals surface area (Å²) in [4.78, 5) is 17.9. The highest BCUT2D eigenvalue weighted by Crippen LogP contribution is 2.36. The van der Waals surface area contributed by atoms with Gasteiger partial charge in [0.2, 0.25) is 0 Å². The van der Waals surface area contributed by atoms with Gasteiger partial charge in [0.15, 0.2) is 0 Å². The first kappa shape index (κ1) is 25.2. The predicted octanol–water partition coefficient (Wildman–Crippen LogP) is 6.63. The van der Waals surface area contributed by atoms with Crippen LogP contribution in [-0.4, -0.2) is 22.5 Å². The minimum absolute atomic E-state index is 0.1000. The molecule has 28 heavy (non-hydrogen) atoms. The van der Waals surface area contributed by atoms with E-state index < -0.39 is 7.82 Å². The fourth-order valence-corrected chi connectivity index (χ4v) is 3.62. The minimum atomic E-state index is -4.47. The molecule has 0 amide bonds. The summed E-state index contributed by atoms with van der Waals surface area (Å²) in [6, 6.07) is 9.33. The number of phosphoric ester groups is 1. The molecule has 0 saturated heterocycles. The summed E-state index contributed by atoms with van der Waals surface area (Å²) in [7, 11) is -4.47. The van der Waals surface area contributed by atoms with E-state index >= 15 is 0 Å². The summed E-state index contributed by atoms with van der Waals surface area (Å²) >= 11 is 0. The quantitative estimate of drug-likeness (QED) is 0.208. The third kappa shape index (κ3) is 15.1. The number of phosphoric acid groups is 1. The van der Waals surface area contributed by atoms with Crippen LogP contribution in [0.15, 0.2) is 30.3 Å². The zero-order valence-electron chi connectivity index (χ0n) is 17.4. The van der Waals surface area contributed by atoms with Gasteiger partial charge in [-0.3, -0.25) is 4.52 Å². The molecule has 2 N–H and O–H groups in total. The first-order valence-corrected chi connectivity index (χ1v) is 12.5. The van der Waals surface area contributed by atoms with Crippen molar-refractivity contribution >= 4 is 7.82 Å². The van der Waals surface area contributed by atoms with Crippen LogP contribution in [0.1, 0.15) is 90.4 Å². The van der Waals surface area contributed by atoms with Gasteiger partial charge in [0.1, 0.15) is 11.9 Å². The first-order chi connectivity index (χ1) is 13.5. The molecule has 1 atom stereocenters. The Bertz CT molecular complexity index is 517. The second kappa shape index (κ2) is 16.0. The Labute approximate surface area is 171 Å². The van der Waals surface area contributed by atoms with Crippen molar-refractivity contribution in [3.63, 3.8) is 0 Å². The number of hydrogen-bond donors (Lipinski definition) is 2. The van der Waals surface area contributed by atoms with Crippen molar-refractivity contribution in [3.8, 4) is 5.75 Å². The lowest BCUT2D eigenvalue weighted by Gasteiger charge is -2.19. The Balaban J connectivity index is 2.12. The molecule has 0 heterocycles. The number of benzene rings is 1. The summed E-state index contributed by atoms with van der Waals surface area (Å²) in [5, 5.41) is 0. The van der Waals surface area contributed by atoms with Crippen LogP contribution >= 0.6 is 7.82 Å². The Morgan fingerprint density at radius 3 is 1.82 bits per heavy atom. The third-order valence-electron chi connectivity index (χ3n) is 4.85. The summed E-state index contributed by atoms with van der Waals surface area (Å²) in [6.45, 7) is 2.15. The zero-order valence-corrected chi connectivity index (χ0v) is 18.3. The molecule has 162 valence electrons. The van der Waals surface area contributed by atoms with Gasteiger partial charge in [-0.25, -0.2) is 4.57 Å². The Morgan fingerprint density at radius 2 is 1.32 bits per heavy atom. The summed E-state index contributed by atoms with van der Waals surface area (Å²) in [5.74, 6) is 0.695. The number of hydrogen-bond acceptors (Lipinski definition) is 3. The molecule has 0 aliphatic carbocycles. The number of unbranched alkanes of at least 4 members (excludes halogenated alkanes) is 11. The van der Waals surface area contributed by atoms with Gasteiger partial charge in [0.05, 0.1) is 6.61 Å². The van der Waals surface area contributed by atoms with E-state index in [0.717, 1.165) is 19.3 Å². The molecule has 0 aliphatic heterocycles. The highest BCUT2D eigenvalue weighted by molar-refractivity contribution is 7.46. The lowest BCUT2D eigenvalue weighted by atomic mass is 10.0. The van der Waals surface area contributed by atoms with Crippen molar-refractivity contribution in [2.45, 2.75) is 96.5 Å². The molecular formula is C22H39O5P. The van der Waals surface area contributed by atoms with Crippen LogP contribution in [0.25, 0.3) is 0 Å². The number of rotatable bonds is 18. The zero-order chi connectivity index (χ0) is 20.5. The SMILES string of the molecule is CCCCCCCCCCCCCCC(COP(=O)(O)O)Oc1ccccc1. The normalized spacial score (nSPS) is 12.8. The minimum Gasteiger partial charge on any atom is -0.488 e. The molecule has 0 fully saturated rings. The van der Waals surface area contributed by atoms with Crippen molar-refractivity contribution in [3.05, 3.63) is 30.3 Å². The fraction of sp³-hybridized carbons (Fsp3) is 0.727. The highest BCUT2D eigenvalue weighted by atomic mass is 31.2. The topological polar surface area (TPSA) is 76.0 Å². The van der Waals surface area contributed by atoms with Crippen LogP contribution in [-0.2, 0) is 9.09 Å². The van der Waals surface area contributed by atoms with Crippen LogP contribution in [0.3, 0.4) is 0 Å². The largest absolute Gasteiger partial charge is 0.488 e. The van der Waals surface area contributed by atoms with Gasteiger partial charge in [-0.1, -0.05) is 95.8 Å². The Kier molecular flexibility index (Phi) is 14.4. The molecule has 1 rings (SSSR count). The molecule has 6 heteroatoms. The second-order valence-electron chi connectivity index (χ2n) is 7.52. The molecule has 1 unspecified atom stereocenters. The lowest BCUT2D eigenvalue weighted by Crippen LogP contribution is -2.22. The van der Waals surface area contributed by atoms with E-state index in [1.54, 1.807) is 0 Å². The van der Waals surface area contributed by atoms with Crippen molar-refractivity contribution < 1.29 is 23.6 Å². The van der Waals surface area contributed by atoms with E-state index in [1.807, 2.05) is 30.3 Å². The van der Waals surface area contributed by atoms with Crippen molar-refractivity contribution in [2.75, 3.05) is 6.61 Å². The third-order valence-corrected chi connectivity index (χ3v) is 5.34. The second-order valence-corrected chi connectivity index (χ2v) is 8.76. The monoisotopic (exact) mass is 414 g/mol. The van der Waals surface area contributed by atoms with Crippen LogP contribution in [0.4, 0.5) is 0 Å². The lowest BCUT2D eigenvalue weighted by molar-refractivity contribution is 0.0941. The summed E-state index contributed by atoms with van der Waals surface area (Å²) in [6.07, 6.45) is 15.7. The predicted molar refractivity (Wildman–Crippen MR) is 115 cm³/mol. The molecule has 0 bridgehead atoms. The Morgan fingerprint density at radius 1 is 0.821 bits per heavy atom. The average molecular weight is 415 g/mol. The molecule has 0 spiro atoms. The smallest absolute Gasteiger partial charge is 0.469 e. The van der Waals surface area contributed by atoms with E-state index in [0.29, 0.717) is 5.75 Å². The van der Waals surface area contributed by atoms with Gasteiger partial charge in [0, 0.05) is 0 Å². The van der Waals surface area contributed by atoms with Gasteiger partial charge in [-0.15, -0.1) is 0 Å². The van der Waals surface area contributed by atoms with Gasteiger partial charge in [-0.05, 0) is 25.0 Å². The maximum Gasteiger partial charge on any atom is 0.469 e. The van der Waals surface area contributed by atoms with Gasteiger partial charge in [-0.2, -0.15) is 0 Å². The van der Waals surface area contributed by atoms with Crippen LogP contribution in [0.5, 0.6) is 5.75 Å². The van der Waals surface area contributed by atoms with Crippen LogP contribution in [0, 0.1) is 0 Å².